The molecule has 4 aromatic rings. The fraction of sp³-hybridized carbons (Fsp3) is 0.190. The van der Waals surface area contributed by atoms with Crippen LogP contribution in [0.3, 0.4) is 0 Å². The maximum absolute atomic E-state index is 12.7. The molecule has 0 N–H and O–H groups in total. The standard InChI is InChI=1S/C21H19N3O3S/c1-13(2)27-16-10-8-14(9-11-16)19-22-21-24(23-19)20(25)18(28-21)12-15-6-4-5-7-17(15)26-3/h4-13H,1-3H3. The van der Waals surface area contributed by atoms with Gasteiger partial charge in [-0.15, -0.1) is 5.10 Å². The molecule has 0 aliphatic heterocycles. The molecule has 4 rings (SSSR count). The molecule has 2 aromatic carbocycles. The Labute approximate surface area is 165 Å². The van der Waals surface area contributed by atoms with E-state index < -0.39 is 0 Å². The third-order valence-corrected chi connectivity index (χ3v) is 5.05. The second-order valence-electron chi connectivity index (χ2n) is 6.48. The molecule has 0 unspecified atom stereocenters. The van der Waals surface area contributed by atoms with E-state index >= 15 is 0 Å². The zero-order valence-corrected chi connectivity index (χ0v) is 16.6. The molecule has 6 nitrogen and oxygen atoms in total. The second-order valence-corrected chi connectivity index (χ2v) is 7.49. The molecule has 0 aliphatic rings. The number of ether oxygens (including phenoxy) is 2. The molecule has 28 heavy (non-hydrogen) atoms. The Kier molecular flexibility index (Phi) is 4.83. The zero-order chi connectivity index (χ0) is 19.7. The van der Waals surface area contributed by atoms with Crippen LogP contribution in [0, 0.1) is 0 Å². The smallest absolute Gasteiger partial charge is 0.291 e. The SMILES string of the molecule is COc1ccccc1C=c1sc2nc(-c3ccc(OC(C)C)cc3)nn2c1=O. The van der Waals surface area contributed by atoms with E-state index in [9.17, 15) is 4.79 Å². The summed E-state index contributed by atoms with van der Waals surface area (Å²) in [4.78, 5) is 17.8. The van der Waals surface area contributed by atoms with E-state index in [0.717, 1.165) is 16.9 Å². The van der Waals surface area contributed by atoms with Crippen molar-refractivity contribution in [1.29, 1.82) is 0 Å². The van der Waals surface area contributed by atoms with E-state index in [1.807, 2.05) is 62.4 Å². The summed E-state index contributed by atoms with van der Waals surface area (Å²) in [7, 11) is 1.61. The van der Waals surface area contributed by atoms with Crippen molar-refractivity contribution in [1.82, 2.24) is 14.6 Å². The maximum Gasteiger partial charge on any atom is 0.291 e. The molecular weight excluding hydrogens is 374 g/mol. The lowest BCUT2D eigenvalue weighted by molar-refractivity contribution is 0.242. The third kappa shape index (κ3) is 3.48. The Hall–Kier alpha value is -3.19. The topological polar surface area (TPSA) is 65.7 Å². The van der Waals surface area contributed by atoms with E-state index in [-0.39, 0.29) is 11.7 Å². The van der Waals surface area contributed by atoms with Gasteiger partial charge in [-0.25, -0.2) is 0 Å². The van der Waals surface area contributed by atoms with Crippen molar-refractivity contribution in [3.8, 4) is 22.9 Å². The minimum Gasteiger partial charge on any atom is -0.496 e. The highest BCUT2D eigenvalue weighted by Gasteiger charge is 2.12. The largest absolute Gasteiger partial charge is 0.496 e. The van der Waals surface area contributed by atoms with E-state index in [4.69, 9.17) is 9.47 Å². The van der Waals surface area contributed by atoms with Gasteiger partial charge >= 0.3 is 0 Å². The lowest BCUT2D eigenvalue weighted by Crippen LogP contribution is -2.23. The number of thiazole rings is 1. The Morgan fingerprint density at radius 2 is 1.86 bits per heavy atom. The summed E-state index contributed by atoms with van der Waals surface area (Å²) in [5, 5.41) is 4.39. The fourth-order valence-electron chi connectivity index (χ4n) is 2.84. The number of rotatable bonds is 5. The maximum atomic E-state index is 12.7. The predicted octanol–water partition coefficient (Wildman–Crippen LogP) is 3.16. The van der Waals surface area contributed by atoms with E-state index in [2.05, 4.69) is 10.1 Å². The van der Waals surface area contributed by atoms with Crippen LogP contribution in [0.5, 0.6) is 11.5 Å². The molecule has 0 amide bonds. The number of hydrogen-bond acceptors (Lipinski definition) is 6. The molecule has 0 radical (unpaired) electrons. The van der Waals surface area contributed by atoms with Crippen molar-refractivity contribution in [3.05, 3.63) is 69.0 Å². The lowest BCUT2D eigenvalue weighted by atomic mass is 10.2. The van der Waals surface area contributed by atoms with Crippen LogP contribution in [-0.4, -0.2) is 27.8 Å². The van der Waals surface area contributed by atoms with Gasteiger partial charge < -0.3 is 9.47 Å². The summed E-state index contributed by atoms with van der Waals surface area (Å²) in [6, 6.07) is 15.1. The minimum atomic E-state index is -0.190. The van der Waals surface area contributed by atoms with Gasteiger partial charge in [0.25, 0.3) is 5.56 Å². The van der Waals surface area contributed by atoms with Gasteiger partial charge in [-0.3, -0.25) is 4.79 Å². The Bertz CT molecular complexity index is 1230. The van der Waals surface area contributed by atoms with Crippen LogP contribution in [0.2, 0.25) is 0 Å². The van der Waals surface area contributed by atoms with E-state index in [1.165, 1.54) is 15.9 Å². The molecule has 0 spiro atoms. The van der Waals surface area contributed by atoms with Crippen molar-refractivity contribution in [3.63, 3.8) is 0 Å². The van der Waals surface area contributed by atoms with Crippen molar-refractivity contribution < 1.29 is 9.47 Å². The molecule has 0 saturated heterocycles. The normalized spacial score (nSPS) is 12.1. The molecule has 0 aliphatic carbocycles. The van der Waals surface area contributed by atoms with Crippen molar-refractivity contribution in [2.75, 3.05) is 7.11 Å². The Balaban J connectivity index is 1.70. The molecule has 0 fully saturated rings. The van der Waals surface area contributed by atoms with E-state index in [0.29, 0.717) is 21.1 Å². The van der Waals surface area contributed by atoms with E-state index in [1.54, 1.807) is 13.2 Å². The highest BCUT2D eigenvalue weighted by Crippen LogP contribution is 2.21. The molecule has 7 heteroatoms. The number of hydrogen-bond donors (Lipinski definition) is 0. The molecule has 2 heterocycles. The Morgan fingerprint density at radius 1 is 1.11 bits per heavy atom. The summed E-state index contributed by atoms with van der Waals surface area (Å²) < 4.78 is 12.9. The molecule has 142 valence electrons. The predicted molar refractivity (Wildman–Crippen MR) is 110 cm³/mol. The monoisotopic (exact) mass is 393 g/mol. The van der Waals surface area contributed by atoms with Crippen LogP contribution in [0.4, 0.5) is 0 Å². The van der Waals surface area contributed by atoms with Crippen LogP contribution in [0.25, 0.3) is 22.4 Å². The van der Waals surface area contributed by atoms with Crippen molar-refractivity contribution in [2.45, 2.75) is 20.0 Å². The first-order chi connectivity index (χ1) is 13.5. The van der Waals surface area contributed by atoms with Crippen LogP contribution < -0.4 is 19.6 Å². The molecule has 0 saturated carbocycles. The van der Waals surface area contributed by atoms with Crippen molar-refractivity contribution in [2.24, 2.45) is 0 Å². The van der Waals surface area contributed by atoms with Crippen LogP contribution in [0.1, 0.15) is 19.4 Å². The van der Waals surface area contributed by atoms with Crippen LogP contribution in [0.15, 0.2) is 53.3 Å². The van der Waals surface area contributed by atoms with Crippen molar-refractivity contribution >= 4 is 22.4 Å². The number of nitrogens with zero attached hydrogens (tertiary/aromatic N) is 3. The molecule has 0 atom stereocenters. The molecular formula is C21H19N3O3S. The van der Waals surface area contributed by atoms with Gasteiger partial charge in [-0.2, -0.15) is 9.50 Å². The van der Waals surface area contributed by atoms with Gasteiger partial charge in [0, 0.05) is 11.1 Å². The average molecular weight is 393 g/mol. The summed E-state index contributed by atoms with van der Waals surface area (Å²) in [6.45, 7) is 3.96. The highest BCUT2D eigenvalue weighted by molar-refractivity contribution is 7.15. The summed E-state index contributed by atoms with van der Waals surface area (Å²) >= 11 is 1.31. The zero-order valence-electron chi connectivity index (χ0n) is 15.7. The van der Waals surface area contributed by atoms with Gasteiger partial charge in [0.15, 0.2) is 5.82 Å². The third-order valence-electron chi connectivity index (χ3n) is 4.09. The van der Waals surface area contributed by atoms with Gasteiger partial charge in [-0.1, -0.05) is 29.5 Å². The summed E-state index contributed by atoms with van der Waals surface area (Å²) in [5.41, 5.74) is 1.48. The number of methoxy groups -OCH3 is 1. The van der Waals surface area contributed by atoms with Gasteiger partial charge in [0.05, 0.1) is 17.7 Å². The molecule has 0 bridgehead atoms. The molecule has 2 aromatic heterocycles. The lowest BCUT2D eigenvalue weighted by Gasteiger charge is -2.09. The number of aromatic nitrogens is 3. The summed E-state index contributed by atoms with van der Waals surface area (Å²) in [6.07, 6.45) is 1.92. The quantitative estimate of drug-likeness (QED) is 0.521. The van der Waals surface area contributed by atoms with Gasteiger partial charge in [0.1, 0.15) is 11.5 Å². The number of fused-ring (bicyclic) bond motifs is 1. The first kappa shape index (κ1) is 18.2. The van der Waals surface area contributed by atoms with Crippen LogP contribution in [-0.2, 0) is 0 Å². The van der Waals surface area contributed by atoms with Gasteiger partial charge in [0.2, 0.25) is 4.96 Å². The highest BCUT2D eigenvalue weighted by atomic mass is 32.1. The summed E-state index contributed by atoms with van der Waals surface area (Å²) in [5.74, 6) is 2.02. The van der Waals surface area contributed by atoms with Gasteiger partial charge in [-0.05, 0) is 50.3 Å². The fourth-order valence-corrected chi connectivity index (χ4v) is 3.74. The minimum absolute atomic E-state index is 0.114. The number of benzene rings is 2. The Morgan fingerprint density at radius 3 is 2.54 bits per heavy atom. The second kappa shape index (κ2) is 7.44. The van der Waals surface area contributed by atoms with Crippen LogP contribution >= 0.6 is 11.3 Å². The first-order valence-electron chi connectivity index (χ1n) is 8.86. The number of para-hydroxylation sites is 1. The first-order valence-corrected chi connectivity index (χ1v) is 9.68. The average Bonchev–Trinajstić information content (AvgIpc) is 3.22.